The molecule has 0 radical (unpaired) electrons. The van der Waals surface area contributed by atoms with Crippen LogP contribution in [-0.4, -0.2) is 33.8 Å². The van der Waals surface area contributed by atoms with Crippen molar-refractivity contribution >= 4 is 41.3 Å². The number of hydrogen-bond donors (Lipinski definition) is 2. The van der Waals surface area contributed by atoms with E-state index in [1.54, 1.807) is 18.4 Å². The van der Waals surface area contributed by atoms with Gasteiger partial charge in [-0.25, -0.2) is 4.98 Å². The number of halogens is 1. The van der Waals surface area contributed by atoms with Crippen molar-refractivity contribution in [3.63, 3.8) is 0 Å². The number of thiazole rings is 1. The third-order valence-electron chi connectivity index (χ3n) is 3.88. The Hall–Kier alpha value is -1.16. The van der Waals surface area contributed by atoms with Crippen molar-refractivity contribution in [1.29, 1.82) is 0 Å². The molecule has 0 saturated heterocycles. The summed E-state index contributed by atoms with van der Waals surface area (Å²) in [6, 6.07) is 0.269. The van der Waals surface area contributed by atoms with Crippen LogP contribution in [0, 0.1) is 20.8 Å². The first-order valence-corrected chi connectivity index (χ1v) is 8.60. The van der Waals surface area contributed by atoms with Crippen LogP contribution in [0.5, 0.6) is 0 Å². The maximum atomic E-state index is 4.48. The van der Waals surface area contributed by atoms with Crippen LogP contribution < -0.4 is 10.6 Å². The largest absolute Gasteiger partial charge is 0.354 e. The lowest BCUT2D eigenvalue weighted by Gasteiger charge is -2.18. The standard InChI is InChI=1S/C16H26N6S.HI/c1-10(7-15-11(2)21-22(6)12(15)3)20-16(17-5)19-9-14-8-18-13(4)23-14;/h8,10H,7,9H2,1-6H3,(H2,17,19,20);1H. The highest BCUT2D eigenvalue weighted by Crippen LogP contribution is 2.14. The Morgan fingerprint density at radius 1 is 1.38 bits per heavy atom. The number of guanidine groups is 1. The monoisotopic (exact) mass is 462 g/mol. The Kier molecular flexibility index (Phi) is 8.14. The third-order valence-corrected chi connectivity index (χ3v) is 4.79. The van der Waals surface area contributed by atoms with E-state index >= 15 is 0 Å². The quantitative estimate of drug-likeness (QED) is 0.408. The SMILES string of the molecule is CN=C(NCc1cnc(C)s1)NC(C)Cc1c(C)nn(C)c1C.I. The number of hydrogen-bond acceptors (Lipinski definition) is 4. The van der Waals surface area contributed by atoms with Crippen molar-refractivity contribution in [2.45, 2.75) is 46.7 Å². The predicted octanol–water partition coefficient (Wildman–Crippen LogP) is 2.72. The Labute approximate surface area is 165 Å². The molecule has 0 fully saturated rings. The molecule has 0 saturated carbocycles. The zero-order chi connectivity index (χ0) is 17.0. The van der Waals surface area contributed by atoms with Crippen LogP contribution in [0.2, 0.25) is 0 Å². The van der Waals surface area contributed by atoms with E-state index in [-0.39, 0.29) is 30.0 Å². The highest BCUT2D eigenvalue weighted by Gasteiger charge is 2.14. The first kappa shape index (κ1) is 20.9. The number of aromatic nitrogens is 3. The van der Waals surface area contributed by atoms with Gasteiger partial charge < -0.3 is 10.6 Å². The number of rotatable bonds is 5. The number of nitrogens with zero attached hydrogens (tertiary/aromatic N) is 4. The molecule has 134 valence electrons. The smallest absolute Gasteiger partial charge is 0.191 e. The molecular formula is C16H27IN6S. The molecule has 2 rings (SSSR count). The van der Waals surface area contributed by atoms with Gasteiger partial charge in [-0.15, -0.1) is 35.3 Å². The first-order chi connectivity index (χ1) is 10.9. The van der Waals surface area contributed by atoms with E-state index in [4.69, 9.17) is 0 Å². The molecule has 0 amide bonds. The number of aliphatic imine (C=N–C) groups is 1. The molecule has 1 atom stereocenters. The minimum Gasteiger partial charge on any atom is -0.354 e. The van der Waals surface area contributed by atoms with Gasteiger partial charge in [0.1, 0.15) is 0 Å². The molecule has 0 aliphatic carbocycles. The van der Waals surface area contributed by atoms with Gasteiger partial charge >= 0.3 is 0 Å². The lowest BCUT2D eigenvalue weighted by atomic mass is 10.1. The molecule has 0 aromatic carbocycles. The van der Waals surface area contributed by atoms with Crippen LogP contribution in [0.4, 0.5) is 0 Å². The van der Waals surface area contributed by atoms with Gasteiger partial charge in [0.15, 0.2) is 5.96 Å². The van der Waals surface area contributed by atoms with Gasteiger partial charge in [0, 0.05) is 36.9 Å². The Morgan fingerprint density at radius 3 is 2.58 bits per heavy atom. The second kappa shape index (κ2) is 9.36. The van der Waals surface area contributed by atoms with Crippen molar-refractivity contribution < 1.29 is 0 Å². The highest BCUT2D eigenvalue weighted by molar-refractivity contribution is 14.0. The second-order valence-corrected chi connectivity index (χ2v) is 7.11. The lowest BCUT2D eigenvalue weighted by molar-refractivity contribution is 0.636. The van der Waals surface area contributed by atoms with Crippen LogP contribution in [-0.2, 0) is 20.0 Å². The summed E-state index contributed by atoms with van der Waals surface area (Å²) in [6.45, 7) is 9.09. The van der Waals surface area contributed by atoms with E-state index in [2.05, 4.69) is 46.5 Å². The summed E-state index contributed by atoms with van der Waals surface area (Å²) in [7, 11) is 3.78. The molecule has 8 heteroatoms. The average Bonchev–Trinajstić information content (AvgIpc) is 3.02. The van der Waals surface area contributed by atoms with E-state index in [1.165, 1.54) is 16.1 Å². The summed E-state index contributed by atoms with van der Waals surface area (Å²) < 4.78 is 1.94. The van der Waals surface area contributed by atoms with Crippen molar-refractivity contribution in [3.8, 4) is 0 Å². The fourth-order valence-corrected chi connectivity index (χ4v) is 3.29. The molecule has 6 nitrogen and oxygen atoms in total. The molecule has 2 aromatic heterocycles. The van der Waals surface area contributed by atoms with Gasteiger partial charge in [-0.1, -0.05) is 0 Å². The molecule has 24 heavy (non-hydrogen) atoms. The molecule has 0 aliphatic heterocycles. The number of aryl methyl sites for hydroxylation is 3. The van der Waals surface area contributed by atoms with Gasteiger partial charge in [0.25, 0.3) is 0 Å². The van der Waals surface area contributed by atoms with Gasteiger partial charge in [-0.05, 0) is 39.7 Å². The summed E-state index contributed by atoms with van der Waals surface area (Å²) >= 11 is 1.70. The van der Waals surface area contributed by atoms with Crippen molar-refractivity contribution in [1.82, 2.24) is 25.4 Å². The van der Waals surface area contributed by atoms with E-state index in [0.717, 1.165) is 29.6 Å². The number of nitrogens with one attached hydrogen (secondary N) is 2. The van der Waals surface area contributed by atoms with E-state index in [0.29, 0.717) is 0 Å². The fraction of sp³-hybridized carbons (Fsp3) is 0.562. The molecule has 0 aliphatic rings. The summed E-state index contributed by atoms with van der Waals surface area (Å²) in [5.74, 6) is 0.808. The second-order valence-electron chi connectivity index (χ2n) is 5.79. The van der Waals surface area contributed by atoms with E-state index in [1.807, 2.05) is 24.9 Å². The maximum absolute atomic E-state index is 4.48. The van der Waals surface area contributed by atoms with Crippen molar-refractivity contribution in [2.75, 3.05) is 7.05 Å². The summed E-state index contributed by atoms with van der Waals surface area (Å²) in [5.41, 5.74) is 3.63. The lowest BCUT2D eigenvalue weighted by Crippen LogP contribution is -2.42. The van der Waals surface area contributed by atoms with Crippen LogP contribution in [0.25, 0.3) is 0 Å². The van der Waals surface area contributed by atoms with Crippen LogP contribution in [0.3, 0.4) is 0 Å². The van der Waals surface area contributed by atoms with Gasteiger partial charge in [0.2, 0.25) is 0 Å². The fourth-order valence-electron chi connectivity index (χ4n) is 2.56. The van der Waals surface area contributed by atoms with Gasteiger partial charge in [-0.3, -0.25) is 9.67 Å². The molecular weight excluding hydrogens is 435 g/mol. The molecule has 1 unspecified atom stereocenters. The normalized spacial score (nSPS) is 12.7. The van der Waals surface area contributed by atoms with Crippen molar-refractivity contribution in [2.24, 2.45) is 12.0 Å². The summed E-state index contributed by atoms with van der Waals surface area (Å²) in [5, 5.41) is 12.3. The summed E-state index contributed by atoms with van der Waals surface area (Å²) in [4.78, 5) is 9.77. The van der Waals surface area contributed by atoms with E-state index in [9.17, 15) is 0 Å². The minimum atomic E-state index is 0. The average molecular weight is 462 g/mol. The minimum absolute atomic E-state index is 0. The Bertz CT molecular complexity index is 691. The molecule has 2 heterocycles. The maximum Gasteiger partial charge on any atom is 0.191 e. The Balaban J connectivity index is 0.00000288. The third kappa shape index (κ3) is 5.44. The van der Waals surface area contributed by atoms with Crippen molar-refractivity contribution in [3.05, 3.63) is 33.0 Å². The van der Waals surface area contributed by atoms with E-state index < -0.39 is 0 Å². The molecule has 0 spiro atoms. The Morgan fingerprint density at radius 2 is 2.08 bits per heavy atom. The summed E-state index contributed by atoms with van der Waals surface area (Å²) in [6.07, 6.45) is 2.83. The molecule has 0 bridgehead atoms. The predicted molar refractivity (Wildman–Crippen MR) is 111 cm³/mol. The van der Waals surface area contributed by atoms with Gasteiger partial charge in [0.05, 0.1) is 17.2 Å². The highest BCUT2D eigenvalue weighted by atomic mass is 127. The zero-order valence-corrected chi connectivity index (χ0v) is 18.3. The zero-order valence-electron chi connectivity index (χ0n) is 15.2. The molecule has 2 aromatic rings. The topological polar surface area (TPSA) is 67.1 Å². The van der Waals surface area contributed by atoms with Crippen LogP contribution in [0.15, 0.2) is 11.2 Å². The van der Waals surface area contributed by atoms with Gasteiger partial charge in [-0.2, -0.15) is 5.10 Å². The van der Waals surface area contributed by atoms with Crippen LogP contribution >= 0.6 is 35.3 Å². The first-order valence-electron chi connectivity index (χ1n) is 7.78. The van der Waals surface area contributed by atoms with Crippen LogP contribution in [0.1, 0.15) is 33.8 Å². The molecule has 2 N–H and O–H groups in total.